The van der Waals surface area contributed by atoms with Gasteiger partial charge in [-0.05, 0) is 22.8 Å². The zero-order chi connectivity index (χ0) is 13.2. The minimum Gasteiger partial charge on any atom is -0.341 e. The number of carbonyl (C=O) groups excluding carboxylic acids is 1. The van der Waals surface area contributed by atoms with Gasteiger partial charge in [-0.3, -0.25) is 4.79 Å². The van der Waals surface area contributed by atoms with Gasteiger partial charge < -0.3 is 10.6 Å². The van der Waals surface area contributed by atoms with Gasteiger partial charge >= 0.3 is 0 Å². The van der Waals surface area contributed by atoms with Gasteiger partial charge in [0.05, 0.1) is 6.42 Å². The van der Waals surface area contributed by atoms with Crippen molar-refractivity contribution in [3.05, 3.63) is 48.0 Å². The van der Waals surface area contributed by atoms with E-state index in [-0.39, 0.29) is 11.9 Å². The summed E-state index contributed by atoms with van der Waals surface area (Å²) in [6.45, 7) is 1.50. The van der Waals surface area contributed by atoms with Crippen LogP contribution in [0, 0.1) is 0 Å². The fraction of sp³-hybridized carbons (Fsp3) is 0.312. The van der Waals surface area contributed by atoms with Crippen LogP contribution in [0.15, 0.2) is 42.5 Å². The number of carbonyl (C=O) groups is 1. The van der Waals surface area contributed by atoms with Crippen molar-refractivity contribution in [2.75, 3.05) is 13.1 Å². The summed E-state index contributed by atoms with van der Waals surface area (Å²) in [5.74, 6) is 0.184. The lowest BCUT2D eigenvalue weighted by Crippen LogP contribution is -2.32. The van der Waals surface area contributed by atoms with Crippen LogP contribution >= 0.6 is 0 Å². The summed E-state index contributed by atoms with van der Waals surface area (Å²) in [6, 6.07) is 14.6. The van der Waals surface area contributed by atoms with Crippen molar-refractivity contribution < 1.29 is 4.79 Å². The largest absolute Gasteiger partial charge is 0.341 e. The van der Waals surface area contributed by atoms with E-state index in [1.54, 1.807) is 0 Å². The van der Waals surface area contributed by atoms with Crippen molar-refractivity contribution >= 4 is 16.7 Å². The molecule has 98 valence electrons. The van der Waals surface area contributed by atoms with Crippen molar-refractivity contribution in [1.82, 2.24) is 4.90 Å². The Kier molecular flexibility index (Phi) is 3.22. The molecule has 19 heavy (non-hydrogen) atoms. The van der Waals surface area contributed by atoms with E-state index in [1.807, 2.05) is 23.1 Å². The molecule has 0 spiro atoms. The number of likely N-dealkylation sites (tertiary alicyclic amines) is 1. The van der Waals surface area contributed by atoms with E-state index in [9.17, 15) is 4.79 Å². The molecule has 1 aliphatic rings. The van der Waals surface area contributed by atoms with Crippen LogP contribution in [0.2, 0.25) is 0 Å². The number of rotatable bonds is 2. The Morgan fingerprint density at radius 3 is 2.74 bits per heavy atom. The van der Waals surface area contributed by atoms with Crippen LogP contribution in [0.5, 0.6) is 0 Å². The first-order chi connectivity index (χ1) is 9.22. The van der Waals surface area contributed by atoms with E-state index in [4.69, 9.17) is 5.73 Å². The summed E-state index contributed by atoms with van der Waals surface area (Å²) in [7, 11) is 0. The minimum atomic E-state index is 0.153. The predicted octanol–water partition coefficient (Wildman–Crippen LogP) is 1.94. The molecule has 1 amide bonds. The van der Waals surface area contributed by atoms with Gasteiger partial charge in [0.15, 0.2) is 0 Å². The zero-order valence-corrected chi connectivity index (χ0v) is 10.9. The first-order valence-corrected chi connectivity index (χ1v) is 6.73. The Hall–Kier alpha value is -1.87. The Morgan fingerprint density at radius 2 is 2.00 bits per heavy atom. The van der Waals surface area contributed by atoms with Gasteiger partial charge in [0, 0.05) is 19.1 Å². The third-order valence-electron chi connectivity index (χ3n) is 3.75. The van der Waals surface area contributed by atoms with Crippen molar-refractivity contribution in [2.24, 2.45) is 5.73 Å². The fourth-order valence-corrected chi connectivity index (χ4v) is 2.65. The van der Waals surface area contributed by atoms with Gasteiger partial charge in [0.1, 0.15) is 0 Å². The quantitative estimate of drug-likeness (QED) is 0.890. The Morgan fingerprint density at radius 1 is 1.21 bits per heavy atom. The van der Waals surface area contributed by atoms with Crippen LogP contribution < -0.4 is 5.73 Å². The molecule has 0 aromatic heterocycles. The van der Waals surface area contributed by atoms with E-state index in [1.165, 1.54) is 10.8 Å². The Bertz CT molecular complexity index is 608. The van der Waals surface area contributed by atoms with Gasteiger partial charge in [-0.1, -0.05) is 42.5 Å². The molecular formula is C16H18N2O. The van der Waals surface area contributed by atoms with Crippen molar-refractivity contribution in [3.63, 3.8) is 0 Å². The van der Waals surface area contributed by atoms with Crippen LogP contribution in [-0.2, 0) is 11.2 Å². The van der Waals surface area contributed by atoms with E-state index in [0.717, 1.165) is 18.5 Å². The SMILES string of the molecule is N[C@H]1CCN(C(=O)Cc2ccc3ccccc3c2)C1. The van der Waals surface area contributed by atoms with Gasteiger partial charge in [-0.2, -0.15) is 0 Å². The van der Waals surface area contributed by atoms with Crippen molar-refractivity contribution in [3.8, 4) is 0 Å². The number of benzene rings is 2. The van der Waals surface area contributed by atoms with Crippen molar-refractivity contribution in [1.29, 1.82) is 0 Å². The summed E-state index contributed by atoms with van der Waals surface area (Å²) in [6.07, 6.45) is 1.39. The number of hydrogen-bond acceptors (Lipinski definition) is 2. The lowest BCUT2D eigenvalue weighted by atomic mass is 10.0. The first-order valence-electron chi connectivity index (χ1n) is 6.73. The van der Waals surface area contributed by atoms with Crippen LogP contribution in [0.25, 0.3) is 10.8 Å². The highest BCUT2D eigenvalue weighted by molar-refractivity contribution is 5.85. The van der Waals surface area contributed by atoms with E-state index >= 15 is 0 Å². The Labute approximate surface area is 113 Å². The van der Waals surface area contributed by atoms with Crippen molar-refractivity contribution in [2.45, 2.75) is 18.9 Å². The summed E-state index contributed by atoms with van der Waals surface area (Å²) in [5, 5.41) is 2.40. The average Bonchev–Trinajstić information content (AvgIpc) is 2.85. The minimum absolute atomic E-state index is 0.153. The first kappa shape index (κ1) is 12.2. The topological polar surface area (TPSA) is 46.3 Å². The molecule has 1 heterocycles. The molecule has 1 aliphatic heterocycles. The second-order valence-corrected chi connectivity index (χ2v) is 5.25. The van der Waals surface area contributed by atoms with Gasteiger partial charge in [0.25, 0.3) is 0 Å². The van der Waals surface area contributed by atoms with Crippen LogP contribution in [0.3, 0.4) is 0 Å². The molecule has 0 radical (unpaired) electrons. The number of fused-ring (bicyclic) bond motifs is 1. The molecule has 0 aliphatic carbocycles. The third-order valence-corrected chi connectivity index (χ3v) is 3.75. The van der Waals surface area contributed by atoms with Gasteiger partial charge in [-0.15, -0.1) is 0 Å². The lowest BCUT2D eigenvalue weighted by molar-refractivity contribution is -0.129. The molecular weight excluding hydrogens is 236 g/mol. The molecule has 1 fully saturated rings. The normalized spacial score (nSPS) is 19.0. The highest BCUT2D eigenvalue weighted by Gasteiger charge is 2.23. The lowest BCUT2D eigenvalue weighted by Gasteiger charge is -2.15. The van der Waals surface area contributed by atoms with E-state index in [0.29, 0.717) is 13.0 Å². The predicted molar refractivity (Wildman–Crippen MR) is 76.8 cm³/mol. The molecule has 3 heteroatoms. The molecule has 2 N–H and O–H groups in total. The van der Waals surface area contributed by atoms with Gasteiger partial charge in [-0.25, -0.2) is 0 Å². The summed E-state index contributed by atoms with van der Waals surface area (Å²) < 4.78 is 0. The molecule has 2 aromatic rings. The molecule has 2 aromatic carbocycles. The average molecular weight is 254 g/mol. The van der Waals surface area contributed by atoms with E-state index < -0.39 is 0 Å². The molecule has 1 atom stereocenters. The standard InChI is InChI=1S/C16H18N2O/c17-15-7-8-18(11-15)16(19)10-12-5-6-13-3-1-2-4-14(13)9-12/h1-6,9,15H,7-8,10-11,17H2/t15-/m0/s1. The van der Waals surface area contributed by atoms with Crippen LogP contribution in [0.1, 0.15) is 12.0 Å². The maximum absolute atomic E-state index is 12.2. The highest BCUT2D eigenvalue weighted by atomic mass is 16.2. The molecule has 0 bridgehead atoms. The molecule has 3 rings (SSSR count). The maximum atomic E-state index is 12.2. The molecule has 3 nitrogen and oxygen atoms in total. The second kappa shape index (κ2) is 5.02. The smallest absolute Gasteiger partial charge is 0.227 e. The zero-order valence-electron chi connectivity index (χ0n) is 10.9. The van der Waals surface area contributed by atoms with Crippen LogP contribution in [-0.4, -0.2) is 29.9 Å². The Balaban J connectivity index is 1.76. The summed E-state index contributed by atoms with van der Waals surface area (Å²) in [5.41, 5.74) is 6.91. The number of nitrogens with two attached hydrogens (primary N) is 1. The number of hydrogen-bond donors (Lipinski definition) is 1. The third kappa shape index (κ3) is 2.61. The molecule has 0 saturated carbocycles. The molecule has 0 unspecified atom stereocenters. The number of nitrogens with zero attached hydrogens (tertiary/aromatic N) is 1. The fourth-order valence-electron chi connectivity index (χ4n) is 2.65. The number of amides is 1. The van der Waals surface area contributed by atoms with Gasteiger partial charge in [0.2, 0.25) is 5.91 Å². The molecule has 1 saturated heterocycles. The highest BCUT2D eigenvalue weighted by Crippen LogP contribution is 2.17. The summed E-state index contributed by atoms with van der Waals surface area (Å²) in [4.78, 5) is 14.0. The summed E-state index contributed by atoms with van der Waals surface area (Å²) >= 11 is 0. The monoisotopic (exact) mass is 254 g/mol. The second-order valence-electron chi connectivity index (χ2n) is 5.25. The maximum Gasteiger partial charge on any atom is 0.227 e. The van der Waals surface area contributed by atoms with Crippen LogP contribution in [0.4, 0.5) is 0 Å². The van der Waals surface area contributed by atoms with E-state index in [2.05, 4.69) is 24.3 Å².